The van der Waals surface area contributed by atoms with Crippen LogP contribution in [0, 0.1) is 11.3 Å². The number of nitriles is 1. The van der Waals surface area contributed by atoms with Crippen LogP contribution in [0.25, 0.3) is 10.8 Å². The van der Waals surface area contributed by atoms with Gasteiger partial charge in [0.1, 0.15) is 12.4 Å². The SMILES string of the molecule is C=CC(=O)N1CCN(c2nc(OC[C@@H]3CCCN3C)nc3c2CC(F)(F)C(c2cccc4ccccc24)O3)C[C@@H]1CC#N. The molecular weight excluding hydrogens is 554 g/mol. The summed E-state index contributed by atoms with van der Waals surface area (Å²) in [5.74, 6) is -3.20. The van der Waals surface area contributed by atoms with Crippen molar-refractivity contribution in [2.45, 2.75) is 49.8 Å². The molecule has 3 atom stereocenters. The number of rotatable bonds is 7. The van der Waals surface area contributed by atoms with Gasteiger partial charge in [-0.3, -0.25) is 4.79 Å². The molecule has 3 aliphatic rings. The molecule has 0 radical (unpaired) electrons. The number of likely N-dealkylation sites (N-methyl/N-ethyl adjacent to an activating group) is 1. The molecule has 0 bridgehead atoms. The third-order valence-corrected chi connectivity index (χ3v) is 8.70. The number of ether oxygens (including phenoxy) is 2. The summed E-state index contributed by atoms with van der Waals surface area (Å²) in [6.07, 6.45) is 1.16. The number of piperazine rings is 1. The lowest BCUT2D eigenvalue weighted by atomic mass is 9.91. The standard InChI is InChI=1S/C32H34F2N6O3/c1-3-27(41)40-17-16-39(19-22(40)13-14-35)29-26-18-32(33,34)28(25-12-6-9-21-8-4-5-11-24(21)25)43-30(26)37-31(36-29)42-20-23-10-7-15-38(23)2/h3-6,8-9,11-12,22-23,28H,1,7,10,13,15-20H2,2H3/t22-,23-,28?/m0/s1. The summed E-state index contributed by atoms with van der Waals surface area (Å²) < 4.78 is 44.3. The summed E-state index contributed by atoms with van der Waals surface area (Å²) >= 11 is 0. The van der Waals surface area contributed by atoms with Gasteiger partial charge in [0, 0.05) is 37.7 Å². The summed E-state index contributed by atoms with van der Waals surface area (Å²) in [6, 6.07) is 14.6. The van der Waals surface area contributed by atoms with Crippen LogP contribution < -0.4 is 14.4 Å². The van der Waals surface area contributed by atoms with E-state index >= 15 is 8.78 Å². The summed E-state index contributed by atoms with van der Waals surface area (Å²) in [5, 5.41) is 11.0. The van der Waals surface area contributed by atoms with Crippen molar-refractivity contribution in [1.29, 1.82) is 5.26 Å². The van der Waals surface area contributed by atoms with Crippen LogP contribution in [-0.2, 0) is 11.2 Å². The van der Waals surface area contributed by atoms with Gasteiger partial charge in [0.05, 0.1) is 24.1 Å². The number of likely N-dealkylation sites (tertiary alicyclic amines) is 1. The van der Waals surface area contributed by atoms with E-state index in [0.717, 1.165) is 24.8 Å². The van der Waals surface area contributed by atoms with Gasteiger partial charge in [-0.1, -0.05) is 49.0 Å². The topological polar surface area (TPSA) is 94.8 Å². The number of alkyl halides is 2. The highest BCUT2D eigenvalue weighted by molar-refractivity contribution is 5.87. The van der Waals surface area contributed by atoms with Gasteiger partial charge in [0.15, 0.2) is 6.10 Å². The zero-order chi connectivity index (χ0) is 30.1. The number of anilines is 1. The molecule has 6 rings (SSSR count). The van der Waals surface area contributed by atoms with Gasteiger partial charge in [-0.2, -0.15) is 15.2 Å². The molecule has 0 spiro atoms. The average molecular weight is 589 g/mol. The maximum absolute atomic E-state index is 16.1. The molecule has 3 aromatic rings. The second kappa shape index (κ2) is 11.8. The molecule has 1 aromatic heterocycles. The predicted octanol–water partition coefficient (Wildman–Crippen LogP) is 4.53. The zero-order valence-electron chi connectivity index (χ0n) is 24.1. The minimum Gasteiger partial charge on any atom is -0.463 e. The van der Waals surface area contributed by atoms with Crippen molar-refractivity contribution in [1.82, 2.24) is 19.8 Å². The molecule has 2 fully saturated rings. The Kier molecular flexibility index (Phi) is 7.88. The van der Waals surface area contributed by atoms with E-state index in [1.807, 2.05) is 42.3 Å². The zero-order valence-corrected chi connectivity index (χ0v) is 24.1. The van der Waals surface area contributed by atoms with E-state index in [1.54, 1.807) is 17.0 Å². The first-order valence-corrected chi connectivity index (χ1v) is 14.6. The summed E-state index contributed by atoms with van der Waals surface area (Å²) in [4.78, 5) is 27.3. The van der Waals surface area contributed by atoms with Crippen molar-refractivity contribution in [3.63, 3.8) is 0 Å². The highest BCUT2D eigenvalue weighted by Gasteiger charge is 2.50. The Morgan fingerprint density at radius 3 is 2.77 bits per heavy atom. The van der Waals surface area contributed by atoms with Gasteiger partial charge in [-0.25, -0.2) is 8.78 Å². The number of hydrogen-bond acceptors (Lipinski definition) is 8. The maximum atomic E-state index is 16.1. The van der Waals surface area contributed by atoms with Crippen LogP contribution in [0.3, 0.4) is 0 Å². The Morgan fingerprint density at radius 1 is 1.19 bits per heavy atom. The Balaban J connectivity index is 1.38. The molecular formula is C32H34F2N6O3. The molecule has 0 aliphatic carbocycles. The maximum Gasteiger partial charge on any atom is 0.321 e. The molecule has 4 heterocycles. The number of hydrogen-bond donors (Lipinski definition) is 0. The van der Waals surface area contributed by atoms with Gasteiger partial charge in [0.25, 0.3) is 5.92 Å². The number of halogens is 2. The molecule has 0 saturated carbocycles. The quantitative estimate of drug-likeness (QED) is 0.372. The molecule has 3 aliphatic heterocycles. The van der Waals surface area contributed by atoms with E-state index in [2.05, 4.69) is 27.5 Å². The van der Waals surface area contributed by atoms with Crippen LogP contribution in [0.5, 0.6) is 11.9 Å². The lowest BCUT2D eigenvalue weighted by molar-refractivity contribution is -0.128. The molecule has 9 nitrogen and oxygen atoms in total. The molecule has 43 heavy (non-hydrogen) atoms. The minimum atomic E-state index is -3.27. The second-order valence-corrected chi connectivity index (χ2v) is 11.4. The Bertz CT molecular complexity index is 1570. The van der Waals surface area contributed by atoms with Crippen molar-refractivity contribution >= 4 is 22.5 Å². The van der Waals surface area contributed by atoms with Crippen LogP contribution in [0.15, 0.2) is 55.1 Å². The monoisotopic (exact) mass is 588 g/mol. The molecule has 2 aromatic carbocycles. The van der Waals surface area contributed by atoms with E-state index in [9.17, 15) is 10.1 Å². The number of carbonyl (C=O) groups is 1. The summed E-state index contributed by atoms with van der Waals surface area (Å²) in [6.45, 7) is 5.76. The number of nitrogens with zero attached hydrogens (tertiary/aromatic N) is 6. The number of carbonyl (C=O) groups excluding carboxylic acids is 1. The predicted molar refractivity (Wildman–Crippen MR) is 157 cm³/mol. The number of aromatic nitrogens is 2. The minimum absolute atomic E-state index is 0.0531. The third kappa shape index (κ3) is 5.59. The smallest absolute Gasteiger partial charge is 0.321 e. The van der Waals surface area contributed by atoms with E-state index in [4.69, 9.17) is 9.47 Å². The van der Waals surface area contributed by atoms with Crippen LogP contribution in [-0.4, -0.2) is 83.5 Å². The van der Waals surface area contributed by atoms with Gasteiger partial charge in [0.2, 0.25) is 11.8 Å². The van der Waals surface area contributed by atoms with Crippen LogP contribution in [0.1, 0.15) is 36.5 Å². The molecule has 2 saturated heterocycles. The number of benzene rings is 2. The lowest BCUT2D eigenvalue weighted by Crippen LogP contribution is -2.55. The van der Waals surface area contributed by atoms with Crippen molar-refractivity contribution in [2.75, 3.05) is 44.7 Å². The van der Waals surface area contributed by atoms with Crippen molar-refractivity contribution in [3.05, 3.63) is 66.2 Å². The third-order valence-electron chi connectivity index (χ3n) is 8.70. The molecule has 224 valence electrons. The molecule has 1 unspecified atom stereocenters. The highest BCUT2D eigenvalue weighted by atomic mass is 19.3. The molecule has 11 heteroatoms. The van der Waals surface area contributed by atoms with E-state index in [0.29, 0.717) is 24.1 Å². The normalized spacial score (nSPS) is 23.3. The Morgan fingerprint density at radius 2 is 2.00 bits per heavy atom. The van der Waals surface area contributed by atoms with E-state index < -0.39 is 24.5 Å². The van der Waals surface area contributed by atoms with Crippen molar-refractivity contribution < 1.29 is 23.0 Å². The second-order valence-electron chi connectivity index (χ2n) is 11.4. The number of amides is 1. The fourth-order valence-corrected chi connectivity index (χ4v) is 6.40. The Hall–Kier alpha value is -4.30. The molecule has 0 N–H and O–H groups in total. The van der Waals surface area contributed by atoms with Gasteiger partial charge < -0.3 is 24.2 Å². The summed E-state index contributed by atoms with van der Waals surface area (Å²) in [5.41, 5.74) is 0.570. The molecule has 1 amide bonds. The fraction of sp³-hybridized carbons (Fsp3) is 0.438. The first-order valence-electron chi connectivity index (χ1n) is 14.6. The van der Waals surface area contributed by atoms with E-state index in [1.165, 1.54) is 6.08 Å². The largest absolute Gasteiger partial charge is 0.463 e. The highest BCUT2D eigenvalue weighted by Crippen LogP contribution is 2.48. The van der Waals surface area contributed by atoms with Crippen LogP contribution >= 0.6 is 0 Å². The van der Waals surface area contributed by atoms with Crippen molar-refractivity contribution in [2.24, 2.45) is 0 Å². The Labute approximate surface area is 249 Å². The van der Waals surface area contributed by atoms with Gasteiger partial charge >= 0.3 is 6.01 Å². The van der Waals surface area contributed by atoms with Crippen LogP contribution in [0.4, 0.5) is 14.6 Å². The number of fused-ring (bicyclic) bond motifs is 2. The fourth-order valence-electron chi connectivity index (χ4n) is 6.40. The summed E-state index contributed by atoms with van der Waals surface area (Å²) in [7, 11) is 2.04. The van der Waals surface area contributed by atoms with Crippen molar-refractivity contribution in [3.8, 4) is 18.0 Å². The average Bonchev–Trinajstić information content (AvgIpc) is 3.43. The van der Waals surface area contributed by atoms with E-state index in [-0.39, 0.29) is 54.7 Å². The first-order chi connectivity index (χ1) is 20.8. The first kappa shape index (κ1) is 28.8. The van der Waals surface area contributed by atoms with Gasteiger partial charge in [-0.05, 0) is 43.3 Å². The van der Waals surface area contributed by atoms with Gasteiger partial charge in [-0.15, -0.1) is 0 Å². The lowest BCUT2D eigenvalue weighted by Gasteiger charge is -2.42. The van der Waals surface area contributed by atoms with Crippen LogP contribution in [0.2, 0.25) is 0 Å².